The number of rotatable bonds is 8. The summed E-state index contributed by atoms with van der Waals surface area (Å²) in [5.74, 6) is 1.44. The van der Waals surface area contributed by atoms with Gasteiger partial charge in [-0.25, -0.2) is 0 Å². The third-order valence-electron chi connectivity index (χ3n) is 5.17. The molecule has 1 saturated carbocycles. The predicted molar refractivity (Wildman–Crippen MR) is 127 cm³/mol. The van der Waals surface area contributed by atoms with E-state index in [4.69, 9.17) is 0 Å². The number of benzene rings is 2. The van der Waals surface area contributed by atoms with Gasteiger partial charge in [-0.2, -0.15) is 0 Å². The monoisotopic (exact) mass is 449 g/mol. The first-order valence-electron chi connectivity index (χ1n) is 10.8. The van der Waals surface area contributed by atoms with Crippen LogP contribution in [0.3, 0.4) is 0 Å². The molecule has 3 aromatic rings. The molecule has 7 nitrogen and oxygen atoms in total. The van der Waals surface area contributed by atoms with Gasteiger partial charge in [-0.1, -0.05) is 36.0 Å². The zero-order chi connectivity index (χ0) is 22.7. The van der Waals surface area contributed by atoms with Crippen LogP contribution in [0.15, 0.2) is 59.8 Å². The summed E-state index contributed by atoms with van der Waals surface area (Å²) in [6.07, 6.45) is 2.17. The fourth-order valence-corrected chi connectivity index (χ4v) is 4.48. The minimum atomic E-state index is -0.122. The van der Waals surface area contributed by atoms with Crippen LogP contribution in [-0.2, 0) is 9.59 Å². The maximum Gasteiger partial charge on any atom is 0.237 e. The zero-order valence-corrected chi connectivity index (χ0v) is 19.3. The first kappa shape index (κ1) is 22.1. The maximum absolute atomic E-state index is 13.1. The molecule has 8 heteroatoms. The Morgan fingerprint density at radius 2 is 1.88 bits per heavy atom. The number of amides is 2. The van der Waals surface area contributed by atoms with E-state index >= 15 is 0 Å². The molecule has 0 radical (unpaired) electrons. The van der Waals surface area contributed by atoms with Crippen molar-refractivity contribution in [3.8, 4) is 5.69 Å². The molecule has 1 aliphatic rings. The molecule has 1 fully saturated rings. The zero-order valence-electron chi connectivity index (χ0n) is 18.5. The Balaban J connectivity index is 1.59. The quantitative estimate of drug-likeness (QED) is 0.507. The number of thioether (sulfide) groups is 1. The van der Waals surface area contributed by atoms with E-state index in [0.29, 0.717) is 16.8 Å². The molecular formula is C24H27N5O2S. The molecule has 32 heavy (non-hydrogen) atoms. The fourth-order valence-electron chi connectivity index (χ4n) is 3.66. The molecule has 1 aliphatic carbocycles. The van der Waals surface area contributed by atoms with Gasteiger partial charge in [0.25, 0.3) is 0 Å². The van der Waals surface area contributed by atoms with Gasteiger partial charge >= 0.3 is 0 Å². The molecule has 2 amide bonds. The molecule has 0 saturated heterocycles. The Kier molecular flexibility index (Phi) is 6.60. The summed E-state index contributed by atoms with van der Waals surface area (Å²) in [4.78, 5) is 26.4. The van der Waals surface area contributed by atoms with Gasteiger partial charge in [0.05, 0.1) is 11.4 Å². The Labute approximate surface area is 192 Å². The van der Waals surface area contributed by atoms with Crippen molar-refractivity contribution in [2.45, 2.75) is 50.7 Å². The van der Waals surface area contributed by atoms with Crippen molar-refractivity contribution in [1.82, 2.24) is 14.8 Å². The van der Waals surface area contributed by atoms with E-state index in [9.17, 15) is 9.59 Å². The van der Waals surface area contributed by atoms with Gasteiger partial charge in [-0.15, -0.1) is 10.2 Å². The lowest BCUT2D eigenvalue weighted by molar-refractivity contribution is -0.116. The van der Waals surface area contributed by atoms with Crippen molar-refractivity contribution in [3.05, 3.63) is 60.4 Å². The second-order valence-corrected chi connectivity index (χ2v) is 9.11. The van der Waals surface area contributed by atoms with Crippen LogP contribution in [0.4, 0.5) is 11.4 Å². The summed E-state index contributed by atoms with van der Waals surface area (Å²) in [6, 6.07) is 17.4. The number of nitrogens with zero attached hydrogens (tertiary/aromatic N) is 4. The van der Waals surface area contributed by atoms with E-state index in [-0.39, 0.29) is 23.6 Å². The molecule has 0 aliphatic heterocycles. The summed E-state index contributed by atoms with van der Waals surface area (Å²) in [6.45, 7) is 5.51. The summed E-state index contributed by atoms with van der Waals surface area (Å²) in [5, 5.41) is 12.4. The predicted octanol–water partition coefficient (Wildman–Crippen LogP) is 4.64. The average Bonchev–Trinajstić information content (AvgIpc) is 3.52. The molecule has 1 heterocycles. The number of hydrogen-bond acceptors (Lipinski definition) is 5. The number of aromatic nitrogens is 3. The molecule has 0 spiro atoms. The molecular weight excluding hydrogens is 422 g/mol. The van der Waals surface area contributed by atoms with Crippen molar-refractivity contribution in [2.75, 3.05) is 16.0 Å². The van der Waals surface area contributed by atoms with Gasteiger partial charge in [0.2, 0.25) is 11.8 Å². The van der Waals surface area contributed by atoms with Gasteiger partial charge in [-0.05, 0) is 57.0 Å². The van der Waals surface area contributed by atoms with E-state index in [0.717, 1.165) is 30.0 Å². The Bertz CT molecular complexity index is 1110. The standard InChI is InChI=1S/C24H27N5O2S/c1-16(2)28(20-9-5-4-6-10-20)22(31)15-32-24-27-26-23(18-12-13-18)29(24)21-11-7-8-19(14-21)25-17(3)30/h4-11,14,16,18H,12-13,15H2,1-3H3,(H,25,30). The average molecular weight is 450 g/mol. The molecule has 4 rings (SSSR count). The summed E-state index contributed by atoms with van der Waals surface area (Å²) in [7, 11) is 0. The van der Waals surface area contributed by atoms with Crippen molar-refractivity contribution in [1.29, 1.82) is 0 Å². The lowest BCUT2D eigenvalue weighted by Gasteiger charge is -2.26. The van der Waals surface area contributed by atoms with Crippen LogP contribution in [0.1, 0.15) is 45.4 Å². The molecule has 0 atom stereocenters. The minimum absolute atomic E-state index is 0.0192. The Morgan fingerprint density at radius 1 is 1.12 bits per heavy atom. The maximum atomic E-state index is 13.1. The van der Waals surface area contributed by atoms with Crippen molar-refractivity contribution in [3.63, 3.8) is 0 Å². The molecule has 0 unspecified atom stereocenters. The van der Waals surface area contributed by atoms with Crippen LogP contribution in [0.5, 0.6) is 0 Å². The van der Waals surface area contributed by atoms with Gasteiger partial charge in [0.1, 0.15) is 5.82 Å². The molecule has 1 N–H and O–H groups in total. The van der Waals surface area contributed by atoms with Crippen LogP contribution in [-0.4, -0.2) is 38.4 Å². The van der Waals surface area contributed by atoms with E-state index in [2.05, 4.69) is 15.5 Å². The molecule has 166 valence electrons. The Hall–Kier alpha value is -3.13. The first-order valence-corrected chi connectivity index (χ1v) is 11.8. The highest BCUT2D eigenvalue weighted by molar-refractivity contribution is 7.99. The van der Waals surface area contributed by atoms with Crippen LogP contribution in [0, 0.1) is 0 Å². The van der Waals surface area contributed by atoms with Crippen LogP contribution in [0.25, 0.3) is 5.69 Å². The van der Waals surface area contributed by atoms with E-state index in [1.54, 1.807) is 0 Å². The topological polar surface area (TPSA) is 80.1 Å². The van der Waals surface area contributed by atoms with Gasteiger partial charge in [-0.3, -0.25) is 14.2 Å². The van der Waals surface area contributed by atoms with Crippen molar-refractivity contribution >= 4 is 35.0 Å². The SMILES string of the molecule is CC(=O)Nc1cccc(-n2c(SCC(=O)N(c3ccccc3)C(C)C)nnc2C2CC2)c1. The molecule has 2 aromatic carbocycles. The normalized spacial score (nSPS) is 13.2. The number of hydrogen-bond donors (Lipinski definition) is 1. The van der Waals surface area contributed by atoms with Crippen molar-refractivity contribution < 1.29 is 9.59 Å². The second kappa shape index (κ2) is 9.56. The largest absolute Gasteiger partial charge is 0.326 e. The molecule has 0 bridgehead atoms. The van der Waals surface area contributed by atoms with Gasteiger partial charge < -0.3 is 10.2 Å². The first-order chi connectivity index (χ1) is 15.4. The lowest BCUT2D eigenvalue weighted by atomic mass is 10.2. The number of carbonyl (C=O) groups excluding carboxylic acids is 2. The highest BCUT2D eigenvalue weighted by Crippen LogP contribution is 2.41. The lowest BCUT2D eigenvalue weighted by Crippen LogP contribution is -2.38. The minimum Gasteiger partial charge on any atom is -0.326 e. The highest BCUT2D eigenvalue weighted by atomic mass is 32.2. The van der Waals surface area contributed by atoms with E-state index in [1.807, 2.05) is 77.9 Å². The van der Waals surface area contributed by atoms with Crippen LogP contribution >= 0.6 is 11.8 Å². The van der Waals surface area contributed by atoms with E-state index < -0.39 is 0 Å². The van der Waals surface area contributed by atoms with Crippen LogP contribution in [0.2, 0.25) is 0 Å². The second-order valence-electron chi connectivity index (χ2n) is 8.16. The smallest absolute Gasteiger partial charge is 0.237 e. The highest BCUT2D eigenvalue weighted by Gasteiger charge is 2.31. The Morgan fingerprint density at radius 3 is 2.53 bits per heavy atom. The molecule has 1 aromatic heterocycles. The summed E-state index contributed by atoms with van der Waals surface area (Å²) in [5.41, 5.74) is 2.48. The number of nitrogens with one attached hydrogen (secondary N) is 1. The fraction of sp³-hybridized carbons (Fsp3) is 0.333. The number of para-hydroxylation sites is 1. The van der Waals surface area contributed by atoms with E-state index in [1.165, 1.54) is 18.7 Å². The van der Waals surface area contributed by atoms with Crippen molar-refractivity contribution in [2.24, 2.45) is 0 Å². The van der Waals surface area contributed by atoms with Gasteiger partial charge in [0, 0.05) is 30.3 Å². The number of carbonyl (C=O) groups is 2. The third-order valence-corrected chi connectivity index (χ3v) is 6.08. The van der Waals surface area contributed by atoms with Crippen LogP contribution < -0.4 is 10.2 Å². The van der Waals surface area contributed by atoms with Gasteiger partial charge in [0.15, 0.2) is 5.16 Å². The summed E-state index contributed by atoms with van der Waals surface area (Å²) < 4.78 is 2.02. The third kappa shape index (κ3) is 5.02. The number of anilines is 2. The summed E-state index contributed by atoms with van der Waals surface area (Å²) >= 11 is 1.39.